The number of likely N-dealkylation sites (N-methyl/N-ethyl adjacent to an activating group) is 2. The van der Waals surface area contributed by atoms with Crippen LogP contribution in [0.4, 0.5) is 23.0 Å². The van der Waals surface area contributed by atoms with Crippen LogP contribution in [0.3, 0.4) is 0 Å². The number of nitrogens with zero attached hydrogens (tertiary/aromatic N) is 5. The molecule has 4 rings (SSSR count). The SMILES string of the molecule is C#Cc1ccc2c(-c3ccnc(Nc4cc(N)c(N(C)CCN(C)C)cc4OC)n3)cn(C)c2c1. The number of hydrogen-bond donors (Lipinski definition) is 2. The van der Waals surface area contributed by atoms with Gasteiger partial charge in [-0.25, -0.2) is 9.97 Å². The number of ether oxygens (including phenoxy) is 1. The lowest BCUT2D eigenvalue weighted by molar-refractivity contribution is 0.413. The Bertz CT molecular complexity index is 1400. The predicted octanol–water partition coefficient (Wildman–Crippen LogP) is 3.95. The Morgan fingerprint density at radius 2 is 1.94 bits per heavy atom. The van der Waals surface area contributed by atoms with Crippen LogP contribution in [0.25, 0.3) is 22.2 Å². The molecular formula is C27H31N7O. The molecule has 0 saturated heterocycles. The number of methoxy groups -OCH3 is 1. The van der Waals surface area contributed by atoms with Crippen LogP contribution in [0, 0.1) is 12.3 Å². The smallest absolute Gasteiger partial charge is 0.227 e. The molecule has 2 aromatic heterocycles. The molecular weight excluding hydrogens is 438 g/mol. The van der Waals surface area contributed by atoms with E-state index in [0.717, 1.165) is 46.5 Å². The molecule has 2 heterocycles. The molecule has 2 aromatic carbocycles. The summed E-state index contributed by atoms with van der Waals surface area (Å²) in [7, 11) is 9.75. The van der Waals surface area contributed by atoms with E-state index in [2.05, 4.69) is 30.6 Å². The Balaban J connectivity index is 1.65. The maximum absolute atomic E-state index is 6.41. The monoisotopic (exact) mass is 469 g/mol. The Labute approximate surface area is 206 Å². The van der Waals surface area contributed by atoms with E-state index in [4.69, 9.17) is 21.9 Å². The first kappa shape index (κ1) is 23.9. The highest BCUT2D eigenvalue weighted by Gasteiger charge is 2.15. The van der Waals surface area contributed by atoms with E-state index in [0.29, 0.717) is 23.1 Å². The van der Waals surface area contributed by atoms with Crippen LogP contribution in [0.5, 0.6) is 5.75 Å². The van der Waals surface area contributed by atoms with Crippen molar-refractivity contribution in [1.82, 2.24) is 19.4 Å². The van der Waals surface area contributed by atoms with E-state index in [1.807, 2.05) is 70.8 Å². The van der Waals surface area contributed by atoms with Crippen LogP contribution >= 0.6 is 0 Å². The van der Waals surface area contributed by atoms with E-state index in [-0.39, 0.29) is 0 Å². The molecule has 8 heteroatoms. The topological polar surface area (TPSA) is 84.5 Å². The Kier molecular flexibility index (Phi) is 6.80. The fourth-order valence-electron chi connectivity index (χ4n) is 4.02. The number of aromatic nitrogens is 3. The molecule has 3 N–H and O–H groups in total. The molecule has 0 saturated carbocycles. The van der Waals surface area contributed by atoms with Crippen molar-refractivity contribution in [3.8, 4) is 29.4 Å². The summed E-state index contributed by atoms with van der Waals surface area (Å²) in [6.07, 6.45) is 9.36. The lowest BCUT2D eigenvalue weighted by Crippen LogP contribution is -2.29. The molecule has 0 bridgehead atoms. The molecule has 8 nitrogen and oxygen atoms in total. The van der Waals surface area contributed by atoms with Crippen molar-refractivity contribution in [1.29, 1.82) is 0 Å². The van der Waals surface area contributed by atoms with Crippen molar-refractivity contribution in [2.24, 2.45) is 7.05 Å². The second kappa shape index (κ2) is 9.95. The minimum atomic E-state index is 0.450. The summed E-state index contributed by atoms with van der Waals surface area (Å²) in [6, 6.07) is 11.7. The van der Waals surface area contributed by atoms with Gasteiger partial charge in [-0.15, -0.1) is 6.42 Å². The normalized spacial score (nSPS) is 11.0. The second-order valence-corrected chi connectivity index (χ2v) is 8.76. The maximum Gasteiger partial charge on any atom is 0.227 e. The zero-order valence-electron chi connectivity index (χ0n) is 20.8. The van der Waals surface area contributed by atoms with Crippen LogP contribution < -0.4 is 20.7 Å². The van der Waals surface area contributed by atoms with Crippen LogP contribution in [0.1, 0.15) is 5.56 Å². The van der Waals surface area contributed by atoms with Gasteiger partial charge in [0.2, 0.25) is 5.95 Å². The summed E-state index contributed by atoms with van der Waals surface area (Å²) in [5, 5.41) is 4.35. The average Bonchev–Trinajstić information content (AvgIpc) is 3.18. The highest BCUT2D eigenvalue weighted by atomic mass is 16.5. The summed E-state index contributed by atoms with van der Waals surface area (Å²) in [5.74, 6) is 3.80. The largest absolute Gasteiger partial charge is 0.494 e. The van der Waals surface area contributed by atoms with Crippen LogP contribution in [-0.2, 0) is 7.05 Å². The third-order valence-corrected chi connectivity index (χ3v) is 5.98. The van der Waals surface area contributed by atoms with Crippen LogP contribution in [-0.4, -0.2) is 60.8 Å². The molecule has 0 aliphatic rings. The number of terminal acetylenes is 1. The van der Waals surface area contributed by atoms with Gasteiger partial charge in [0.05, 0.1) is 29.9 Å². The number of fused-ring (bicyclic) bond motifs is 1. The van der Waals surface area contributed by atoms with Gasteiger partial charge in [-0.3, -0.25) is 0 Å². The summed E-state index contributed by atoms with van der Waals surface area (Å²) in [6.45, 7) is 1.75. The van der Waals surface area contributed by atoms with Crippen molar-refractivity contribution in [3.63, 3.8) is 0 Å². The number of benzene rings is 2. The number of nitrogens with two attached hydrogens (primary N) is 1. The summed E-state index contributed by atoms with van der Waals surface area (Å²) in [5.41, 5.74) is 12.3. The number of anilines is 4. The van der Waals surface area contributed by atoms with Crippen molar-refractivity contribution in [2.75, 3.05) is 57.3 Å². The van der Waals surface area contributed by atoms with E-state index >= 15 is 0 Å². The highest BCUT2D eigenvalue weighted by Crippen LogP contribution is 2.36. The van der Waals surface area contributed by atoms with Crippen LogP contribution in [0.15, 0.2) is 48.8 Å². The first-order valence-electron chi connectivity index (χ1n) is 11.3. The lowest BCUT2D eigenvalue weighted by atomic mass is 10.1. The fourth-order valence-corrected chi connectivity index (χ4v) is 4.02. The summed E-state index contributed by atoms with van der Waals surface area (Å²) < 4.78 is 7.71. The molecule has 35 heavy (non-hydrogen) atoms. The quantitative estimate of drug-likeness (QED) is 0.299. The molecule has 0 fully saturated rings. The van der Waals surface area contributed by atoms with Gasteiger partial charge in [-0.1, -0.05) is 12.0 Å². The second-order valence-electron chi connectivity index (χ2n) is 8.76. The molecule has 0 atom stereocenters. The van der Waals surface area contributed by atoms with Crippen LogP contribution in [0.2, 0.25) is 0 Å². The van der Waals surface area contributed by atoms with Gasteiger partial charge < -0.3 is 30.2 Å². The minimum absolute atomic E-state index is 0.450. The van der Waals surface area contributed by atoms with E-state index in [1.165, 1.54) is 0 Å². The Morgan fingerprint density at radius 1 is 1.14 bits per heavy atom. The van der Waals surface area contributed by atoms with Gasteiger partial charge in [0.15, 0.2) is 0 Å². The van der Waals surface area contributed by atoms with E-state index in [9.17, 15) is 0 Å². The summed E-state index contributed by atoms with van der Waals surface area (Å²) in [4.78, 5) is 13.4. The third kappa shape index (κ3) is 5.00. The highest BCUT2D eigenvalue weighted by molar-refractivity contribution is 5.96. The number of rotatable bonds is 8. The molecule has 0 aliphatic carbocycles. The number of nitrogens with one attached hydrogen (secondary N) is 1. The Morgan fingerprint density at radius 3 is 2.66 bits per heavy atom. The first-order chi connectivity index (χ1) is 16.8. The molecule has 0 radical (unpaired) electrons. The Hall–Kier alpha value is -4.22. The standard InChI is InChI=1S/C27H31N7O/c1-7-18-8-9-19-20(17-34(5)24(19)14-18)22-10-11-29-27(30-22)31-23-15-21(28)25(16-26(23)35-6)33(4)13-12-32(2)3/h1,8-11,14-17H,12-13,28H2,2-6H3,(H,29,30,31). The van der Waals surface area contributed by atoms with Crippen molar-refractivity contribution in [3.05, 3.63) is 54.4 Å². The van der Waals surface area contributed by atoms with E-state index in [1.54, 1.807) is 13.3 Å². The van der Waals surface area contributed by atoms with Gasteiger partial charge >= 0.3 is 0 Å². The van der Waals surface area contributed by atoms with Gasteiger partial charge in [0, 0.05) is 67.7 Å². The lowest BCUT2D eigenvalue weighted by Gasteiger charge is -2.24. The van der Waals surface area contributed by atoms with Crippen molar-refractivity contribution in [2.45, 2.75) is 0 Å². The van der Waals surface area contributed by atoms with Crippen molar-refractivity contribution >= 4 is 33.9 Å². The molecule has 180 valence electrons. The predicted molar refractivity (Wildman–Crippen MR) is 144 cm³/mol. The summed E-state index contributed by atoms with van der Waals surface area (Å²) >= 11 is 0. The fraction of sp³-hybridized carbons (Fsp3) is 0.259. The third-order valence-electron chi connectivity index (χ3n) is 5.98. The molecule has 0 aliphatic heterocycles. The van der Waals surface area contributed by atoms with E-state index < -0.39 is 0 Å². The zero-order valence-corrected chi connectivity index (χ0v) is 20.8. The molecule has 0 amide bonds. The first-order valence-corrected chi connectivity index (χ1v) is 11.3. The number of nitrogen functional groups attached to an aromatic ring is 1. The number of hydrogen-bond acceptors (Lipinski definition) is 7. The number of aryl methyl sites for hydroxylation is 1. The van der Waals surface area contributed by atoms with Gasteiger partial charge in [0.25, 0.3) is 0 Å². The average molecular weight is 470 g/mol. The molecule has 0 unspecified atom stereocenters. The van der Waals surface area contributed by atoms with Gasteiger partial charge in [-0.2, -0.15) is 0 Å². The molecule has 4 aromatic rings. The zero-order chi connectivity index (χ0) is 25.1. The van der Waals surface area contributed by atoms with Crippen molar-refractivity contribution < 1.29 is 4.74 Å². The van der Waals surface area contributed by atoms with Gasteiger partial charge in [-0.05, 0) is 38.4 Å². The molecule has 0 spiro atoms. The van der Waals surface area contributed by atoms with Gasteiger partial charge in [0.1, 0.15) is 5.75 Å². The maximum atomic E-state index is 6.41. The minimum Gasteiger partial charge on any atom is -0.494 e.